The first-order valence-electron chi connectivity index (χ1n) is 14.4. The summed E-state index contributed by atoms with van der Waals surface area (Å²) >= 11 is 0. The Balaban J connectivity index is 1.34. The van der Waals surface area contributed by atoms with Crippen LogP contribution in [0.3, 0.4) is 0 Å². The van der Waals surface area contributed by atoms with E-state index in [9.17, 15) is 8.42 Å². The van der Waals surface area contributed by atoms with Crippen molar-refractivity contribution in [3.05, 3.63) is 30.5 Å². The van der Waals surface area contributed by atoms with E-state index in [4.69, 9.17) is 19.6 Å². The van der Waals surface area contributed by atoms with Crippen molar-refractivity contribution in [1.29, 1.82) is 0 Å². The monoisotopic (exact) mass is 598 g/mol. The molecule has 14 heteroatoms. The molecule has 4 heterocycles. The number of morpholine rings is 1. The number of nitrogens with zero attached hydrogens (tertiary/aromatic N) is 7. The van der Waals surface area contributed by atoms with Gasteiger partial charge in [-0.1, -0.05) is 5.21 Å². The summed E-state index contributed by atoms with van der Waals surface area (Å²) < 4.78 is 40.3. The molecule has 0 bridgehead atoms. The van der Waals surface area contributed by atoms with Crippen LogP contribution in [-0.2, 0) is 14.8 Å². The van der Waals surface area contributed by atoms with Crippen LogP contribution in [-0.4, -0.2) is 96.3 Å². The Morgan fingerprint density at radius 3 is 2.45 bits per heavy atom. The fourth-order valence-electron chi connectivity index (χ4n) is 5.94. The maximum atomic E-state index is 12.4. The lowest BCUT2D eigenvalue weighted by Gasteiger charge is -2.38. The average molecular weight is 599 g/mol. The Kier molecular flexibility index (Phi) is 7.70. The summed E-state index contributed by atoms with van der Waals surface area (Å²) in [6.07, 6.45) is 6.61. The molecule has 3 aliphatic rings. The van der Waals surface area contributed by atoms with Crippen LogP contribution in [0.1, 0.15) is 39.5 Å². The molecule has 2 saturated heterocycles. The zero-order valence-corrected chi connectivity index (χ0v) is 25.0. The van der Waals surface area contributed by atoms with E-state index in [0.717, 1.165) is 37.3 Å². The summed E-state index contributed by atoms with van der Waals surface area (Å²) in [5.41, 5.74) is 3.70. The van der Waals surface area contributed by atoms with Crippen LogP contribution in [0.25, 0.3) is 17.1 Å². The number of hydrogen-bond donors (Lipinski definition) is 2. The number of nitrogens with one attached hydrogen (secondary N) is 1. The number of benzene rings is 1. The van der Waals surface area contributed by atoms with Crippen LogP contribution in [0.15, 0.2) is 30.5 Å². The number of sulfonamides is 1. The highest BCUT2D eigenvalue weighted by atomic mass is 32.2. The number of ether oxygens (including phenoxy) is 2. The smallest absolute Gasteiger partial charge is 0.234 e. The molecule has 6 rings (SSSR count). The van der Waals surface area contributed by atoms with Gasteiger partial charge in [-0.05, 0) is 63.1 Å². The second-order valence-corrected chi connectivity index (χ2v) is 13.5. The minimum absolute atomic E-state index is 0.0968. The first-order valence-corrected chi connectivity index (χ1v) is 16.1. The number of methoxy groups -OCH3 is 1. The summed E-state index contributed by atoms with van der Waals surface area (Å²) in [5, 5.41) is 18.1. The summed E-state index contributed by atoms with van der Waals surface area (Å²) in [6.45, 7) is 6.64. The molecule has 3 fully saturated rings. The van der Waals surface area contributed by atoms with Crippen molar-refractivity contribution < 1.29 is 23.0 Å². The van der Waals surface area contributed by atoms with Crippen molar-refractivity contribution in [2.75, 3.05) is 60.3 Å². The van der Waals surface area contributed by atoms with E-state index in [-0.39, 0.29) is 17.8 Å². The van der Waals surface area contributed by atoms with Gasteiger partial charge in [0.2, 0.25) is 21.9 Å². The van der Waals surface area contributed by atoms with E-state index in [0.29, 0.717) is 47.5 Å². The zero-order valence-electron chi connectivity index (χ0n) is 24.2. The number of anilines is 3. The van der Waals surface area contributed by atoms with Crippen molar-refractivity contribution in [1.82, 2.24) is 25.0 Å². The molecule has 42 heavy (non-hydrogen) atoms. The quantitative estimate of drug-likeness (QED) is 0.374. The van der Waals surface area contributed by atoms with E-state index in [1.807, 2.05) is 18.3 Å². The third kappa shape index (κ3) is 5.88. The van der Waals surface area contributed by atoms with Crippen molar-refractivity contribution in [2.45, 2.75) is 51.6 Å². The Morgan fingerprint density at radius 2 is 1.79 bits per heavy atom. The number of rotatable bonds is 9. The average Bonchev–Trinajstić information content (AvgIpc) is 3.53. The van der Waals surface area contributed by atoms with Crippen molar-refractivity contribution in [2.24, 2.45) is 5.41 Å². The van der Waals surface area contributed by atoms with E-state index in [1.165, 1.54) is 12.8 Å². The molecule has 226 valence electrons. The van der Waals surface area contributed by atoms with Crippen LogP contribution in [0.4, 0.5) is 17.3 Å². The first-order chi connectivity index (χ1) is 20.2. The number of piperidine rings is 1. The maximum Gasteiger partial charge on any atom is 0.234 e. The molecule has 2 atom stereocenters. The van der Waals surface area contributed by atoms with Gasteiger partial charge in [0.15, 0.2) is 0 Å². The Bertz CT molecular complexity index is 1520. The maximum absolute atomic E-state index is 12.4. The molecule has 3 aromatic rings. The fourth-order valence-corrected chi connectivity index (χ4v) is 6.77. The molecule has 2 N–H and O–H groups in total. The van der Waals surface area contributed by atoms with Crippen molar-refractivity contribution >= 4 is 27.3 Å². The van der Waals surface area contributed by atoms with E-state index >= 15 is 0 Å². The zero-order chi connectivity index (χ0) is 29.5. The van der Waals surface area contributed by atoms with E-state index in [1.54, 1.807) is 23.9 Å². The predicted octanol–water partition coefficient (Wildman–Crippen LogP) is 2.46. The van der Waals surface area contributed by atoms with Gasteiger partial charge in [-0.15, -0.1) is 5.10 Å². The summed E-state index contributed by atoms with van der Waals surface area (Å²) in [4.78, 5) is 13.9. The normalized spacial score (nSPS) is 21.9. The molecule has 1 saturated carbocycles. The summed E-state index contributed by atoms with van der Waals surface area (Å²) in [7, 11) is -2.09. The summed E-state index contributed by atoms with van der Waals surface area (Å²) in [5.74, 6) is 0.609. The molecule has 0 radical (unpaired) electrons. The second kappa shape index (κ2) is 11.3. The van der Waals surface area contributed by atoms with E-state index in [2.05, 4.69) is 43.7 Å². The number of aromatic nitrogens is 5. The van der Waals surface area contributed by atoms with Gasteiger partial charge in [-0.25, -0.2) is 18.1 Å². The van der Waals surface area contributed by atoms with Crippen molar-refractivity contribution in [3.63, 3.8) is 0 Å². The second-order valence-electron chi connectivity index (χ2n) is 11.6. The highest BCUT2D eigenvalue weighted by molar-refractivity contribution is 7.92. The minimum atomic E-state index is -3.67. The molecule has 2 aliphatic heterocycles. The summed E-state index contributed by atoms with van der Waals surface area (Å²) in [6, 6.07) is 7.32. The molecular weight excluding hydrogens is 560 g/mol. The predicted molar refractivity (Wildman–Crippen MR) is 159 cm³/mol. The molecule has 0 unspecified atom stereocenters. The SMILES string of the molecule is COc1cc(-c2cn(-c3ccc(NS(=O)(=O)CCO)cc3N3CCC4(CC3)CC4)nn2)nc(N2[C@H](C)COC[C@@H]2C)n1. The van der Waals surface area contributed by atoms with Crippen LogP contribution < -0.4 is 19.3 Å². The first kappa shape index (κ1) is 28.6. The van der Waals surface area contributed by atoms with E-state index < -0.39 is 16.6 Å². The molecule has 1 spiro atoms. The lowest BCUT2D eigenvalue weighted by Crippen LogP contribution is -2.50. The lowest BCUT2D eigenvalue weighted by atomic mass is 9.93. The lowest BCUT2D eigenvalue weighted by molar-refractivity contribution is 0.0746. The number of aliphatic hydroxyl groups excluding tert-OH is 1. The molecule has 0 amide bonds. The molecule has 13 nitrogen and oxygen atoms in total. The van der Waals surface area contributed by atoms with Gasteiger partial charge in [-0.2, -0.15) is 4.98 Å². The van der Waals surface area contributed by atoms with Gasteiger partial charge >= 0.3 is 0 Å². The standard InChI is InChI=1S/C28H38N8O5S/c1-19-17-41-18-20(2)36(19)27-29-22(15-26(30-27)40-3)23-16-35(33-31-23)24-5-4-21(32-42(38,39)13-12-37)14-25(24)34-10-8-28(6-7-28)9-11-34/h4-5,14-16,19-20,32,37H,6-13,17-18H2,1-3H3/t19-,20+. The van der Waals surface area contributed by atoms with Gasteiger partial charge in [-0.3, -0.25) is 4.72 Å². The highest BCUT2D eigenvalue weighted by Crippen LogP contribution is 2.54. The number of hydrogen-bond acceptors (Lipinski definition) is 11. The Hall–Kier alpha value is -3.49. The van der Waals surface area contributed by atoms with Crippen LogP contribution in [0.5, 0.6) is 5.88 Å². The van der Waals surface area contributed by atoms with Gasteiger partial charge in [0.25, 0.3) is 0 Å². The topological polar surface area (TPSA) is 148 Å². The number of aliphatic hydroxyl groups is 1. The van der Waals surface area contributed by atoms with Crippen LogP contribution in [0, 0.1) is 5.41 Å². The highest BCUT2D eigenvalue weighted by Gasteiger charge is 2.44. The van der Waals surface area contributed by atoms with Gasteiger partial charge in [0.05, 0.1) is 68.0 Å². The third-order valence-electron chi connectivity index (χ3n) is 8.53. The molecule has 1 aliphatic carbocycles. The van der Waals surface area contributed by atoms with Crippen LogP contribution in [0.2, 0.25) is 0 Å². The van der Waals surface area contributed by atoms with Crippen molar-refractivity contribution in [3.8, 4) is 23.0 Å². The van der Waals surface area contributed by atoms with Gasteiger partial charge in [0, 0.05) is 19.2 Å². The van der Waals surface area contributed by atoms with Crippen LogP contribution >= 0.6 is 0 Å². The largest absolute Gasteiger partial charge is 0.481 e. The van der Waals surface area contributed by atoms with Gasteiger partial charge < -0.3 is 24.4 Å². The molecule has 2 aromatic heterocycles. The van der Waals surface area contributed by atoms with Gasteiger partial charge in [0.1, 0.15) is 11.4 Å². The Morgan fingerprint density at radius 1 is 1.05 bits per heavy atom. The Labute approximate surface area is 245 Å². The third-order valence-corrected chi connectivity index (χ3v) is 9.80. The molecule has 1 aromatic carbocycles. The molecular formula is C28H38N8O5S. The minimum Gasteiger partial charge on any atom is -0.481 e. The fraction of sp³-hybridized carbons (Fsp3) is 0.571.